The molecule has 13 rings (SSSR count). The number of aromatic nitrogens is 5. The fourth-order valence-electron chi connectivity index (χ4n) is 10.0. The first kappa shape index (κ1) is 39.2. The van der Waals surface area contributed by atoms with Gasteiger partial charge in [-0.1, -0.05) is 206 Å². The number of hydrogen-bond acceptors (Lipinski definition) is 3. The minimum atomic E-state index is 0.540. The van der Waals surface area contributed by atoms with Gasteiger partial charge in [-0.25, -0.2) is 4.98 Å². The summed E-state index contributed by atoms with van der Waals surface area (Å²) in [6.07, 6.45) is 0. The molecule has 0 spiro atoms. The Morgan fingerprint density at radius 1 is 0.265 bits per heavy atom. The predicted octanol–water partition coefficient (Wildman–Crippen LogP) is 16.1. The minimum absolute atomic E-state index is 0.540. The Hall–Kier alpha value is -9.19. The first-order valence-corrected chi connectivity index (χ1v) is 23.0. The molecule has 0 fully saturated rings. The lowest BCUT2D eigenvalue weighted by Crippen LogP contribution is -2.07. The third-order valence-electron chi connectivity index (χ3n) is 13.2. The van der Waals surface area contributed by atoms with Crippen LogP contribution >= 0.6 is 0 Å². The molecule has 5 heteroatoms. The van der Waals surface area contributed by atoms with Crippen molar-refractivity contribution in [3.05, 3.63) is 249 Å². The van der Waals surface area contributed by atoms with Crippen LogP contribution in [0.5, 0.6) is 0 Å². The summed E-state index contributed by atoms with van der Waals surface area (Å²) in [6.45, 7) is 0. The zero-order chi connectivity index (χ0) is 45.0. The molecule has 0 aliphatic rings. The van der Waals surface area contributed by atoms with Crippen molar-refractivity contribution in [2.24, 2.45) is 0 Å². The Morgan fingerprint density at radius 2 is 0.706 bits per heavy atom. The van der Waals surface area contributed by atoms with Crippen molar-refractivity contribution in [3.8, 4) is 78.9 Å². The SMILES string of the molecule is c1ccc(-c2ccc(-n3c4ccccc4c4cc(-c5cccc(-c6ccccc6)c5)c5c6ccccc6n(-c6nc(-c7ccccc7)nc(-c7cccc(-c8ccccc8)c7)n6)c5c43)cc2)cc1. The van der Waals surface area contributed by atoms with E-state index in [1.807, 2.05) is 24.3 Å². The van der Waals surface area contributed by atoms with Crippen molar-refractivity contribution in [1.82, 2.24) is 24.1 Å². The molecule has 0 aliphatic heterocycles. The van der Waals surface area contributed by atoms with Gasteiger partial charge in [-0.2, -0.15) is 9.97 Å². The third-order valence-corrected chi connectivity index (χ3v) is 13.2. The molecule has 0 atom stereocenters. The Kier molecular flexibility index (Phi) is 9.43. The number of nitrogens with zero attached hydrogens (tertiary/aromatic N) is 5. The fraction of sp³-hybridized carbons (Fsp3) is 0. The molecule has 0 amide bonds. The highest BCUT2D eigenvalue weighted by atomic mass is 15.2. The van der Waals surface area contributed by atoms with Crippen LogP contribution in [0.3, 0.4) is 0 Å². The summed E-state index contributed by atoms with van der Waals surface area (Å²) >= 11 is 0. The highest BCUT2D eigenvalue weighted by Gasteiger charge is 2.26. The van der Waals surface area contributed by atoms with Crippen LogP contribution in [0.4, 0.5) is 0 Å². The van der Waals surface area contributed by atoms with E-state index >= 15 is 0 Å². The van der Waals surface area contributed by atoms with Crippen LogP contribution in [0.25, 0.3) is 123 Å². The van der Waals surface area contributed by atoms with Gasteiger partial charge in [0.05, 0.1) is 22.1 Å². The van der Waals surface area contributed by atoms with Crippen molar-refractivity contribution in [3.63, 3.8) is 0 Å². The third kappa shape index (κ3) is 6.68. The van der Waals surface area contributed by atoms with Gasteiger partial charge in [0.15, 0.2) is 11.6 Å². The molecule has 0 saturated carbocycles. The molecule has 10 aromatic carbocycles. The normalized spacial score (nSPS) is 11.5. The summed E-state index contributed by atoms with van der Waals surface area (Å²) in [4.78, 5) is 16.2. The largest absolute Gasteiger partial charge is 0.307 e. The predicted molar refractivity (Wildman–Crippen MR) is 281 cm³/mol. The Bertz CT molecular complexity index is 3990. The van der Waals surface area contributed by atoms with Gasteiger partial charge >= 0.3 is 0 Å². The van der Waals surface area contributed by atoms with Crippen LogP contribution in [0.2, 0.25) is 0 Å². The lowest BCUT2D eigenvalue weighted by molar-refractivity contribution is 0.953. The van der Waals surface area contributed by atoms with Crippen molar-refractivity contribution in [2.75, 3.05) is 0 Å². The van der Waals surface area contributed by atoms with Crippen LogP contribution in [0.15, 0.2) is 249 Å². The molecule has 3 aromatic heterocycles. The topological polar surface area (TPSA) is 48.5 Å². The smallest absolute Gasteiger partial charge is 0.238 e. The zero-order valence-corrected chi connectivity index (χ0v) is 36.9. The Labute approximate surface area is 393 Å². The molecule has 3 heterocycles. The van der Waals surface area contributed by atoms with Gasteiger partial charge in [-0.3, -0.25) is 4.57 Å². The minimum Gasteiger partial charge on any atom is -0.307 e. The van der Waals surface area contributed by atoms with Crippen molar-refractivity contribution < 1.29 is 0 Å². The van der Waals surface area contributed by atoms with E-state index in [2.05, 4.69) is 234 Å². The average molecular weight is 868 g/mol. The molecular weight excluding hydrogens is 827 g/mol. The molecule has 5 nitrogen and oxygen atoms in total. The monoisotopic (exact) mass is 867 g/mol. The fourth-order valence-corrected chi connectivity index (χ4v) is 10.0. The standard InChI is InChI=1S/C63H41N5/c1-5-19-42(20-6-1)45-35-37-51(38-36-45)67-56-33-15-13-31-52(56)55-41-54(49-29-17-27-47(39-49)43-21-7-2-8-22-43)58-53-32-14-16-34-57(53)68(60(58)59(55)67)63-65-61(46-25-11-4-12-26-46)64-62(66-63)50-30-18-28-48(40-50)44-23-9-3-10-24-44/h1-41H. The lowest BCUT2D eigenvalue weighted by atomic mass is 9.94. The molecule has 0 unspecified atom stereocenters. The highest BCUT2D eigenvalue weighted by Crippen LogP contribution is 2.47. The lowest BCUT2D eigenvalue weighted by Gasteiger charge is -2.15. The maximum atomic E-state index is 5.50. The molecular formula is C63H41N5. The van der Waals surface area contributed by atoms with E-state index < -0.39 is 0 Å². The van der Waals surface area contributed by atoms with Crippen LogP contribution in [0, 0.1) is 0 Å². The number of para-hydroxylation sites is 2. The van der Waals surface area contributed by atoms with Gasteiger partial charge in [0, 0.05) is 38.4 Å². The molecule has 318 valence electrons. The van der Waals surface area contributed by atoms with E-state index in [0.717, 1.165) is 93.8 Å². The number of benzene rings is 10. The van der Waals surface area contributed by atoms with E-state index in [1.165, 1.54) is 11.1 Å². The second-order valence-electron chi connectivity index (χ2n) is 17.2. The first-order valence-electron chi connectivity index (χ1n) is 23.0. The number of fused-ring (bicyclic) bond motifs is 7. The molecule has 13 aromatic rings. The number of hydrogen-bond donors (Lipinski definition) is 0. The van der Waals surface area contributed by atoms with Gasteiger partial charge in [0.25, 0.3) is 0 Å². The van der Waals surface area contributed by atoms with E-state index in [9.17, 15) is 0 Å². The molecule has 68 heavy (non-hydrogen) atoms. The van der Waals surface area contributed by atoms with Gasteiger partial charge in [0.1, 0.15) is 0 Å². The molecule has 0 radical (unpaired) electrons. The van der Waals surface area contributed by atoms with E-state index in [0.29, 0.717) is 17.6 Å². The van der Waals surface area contributed by atoms with Crippen LogP contribution < -0.4 is 0 Å². The van der Waals surface area contributed by atoms with Crippen LogP contribution in [-0.2, 0) is 0 Å². The van der Waals surface area contributed by atoms with Gasteiger partial charge in [-0.15, -0.1) is 0 Å². The molecule has 0 N–H and O–H groups in total. The summed E-state index contributed by atoms with van der Waals surface area (Å²) in [6, 6.07) is 88.2. The second kappa shape index (κ2) is 16.4. The summed E-state index contributed by atoms with van der Waals surface area (Å²) in [7, 11) is 0. The van der Waals surface area contributed by atoms with Crippen molar-refractivity contribution in [2.45, 2.75) is 0 Å². The van der Waals surface area contributed by atoms with Gasteiger partial charge in [-0.05, 0) is 87.0 Å². The van der Waals surface area contributed by atoms with Crippen molar-refractivity contribution in [1.29, 1.82) is 0 Å². The Morgan fingerprint density at radius 3 is 1.32 bits per heavy atom. The zero-order valence-electron chi connectivity index (χ0n) is 36.9. The van der Waals surface area contributed by atoms with E-state index in [-0.39, 0.29) is 0 Å². The first-order chi connectivity index (χ1) is 33.7. The van der Waals surface area contributed by atoms with Crippen LogP contribution in [-0.4, -0.2) is 24.1 Å². The van der Waals surface area contributed by atoms with Gasteiger partial charge in [0.2, 0.25) is 5.95 Å². The maximum Gasteiger partial charge on any atom is 0.238 e. The molecule has 0 aliphatic carbocycles. The quantitative estimate of drug-likeness (QED) is 0.153. The molecule has 0 saturated heterocycles. The molecule has 0 bridgehead atoms. The summed E-state index contributed by atoms with van der Waals surface area (Å²) in [5.41, 5.74) is 16.2. The summed E-state index contributed by atoms with van der Waals surface area (Å²) in [5, 5.41) is 4.53. The van der Waals surface area contributed by atoms with Crippen LogP contribution in [0.1, 0.15) is 0 Å². The average Bonchev–Trinajstić information content (AvgIpc) is 3.95. The van der Waals surface area contributed by atoms with Gasteiger partial charge < -0.3 is 4.57 Å². The van der Waals surface area contributed by atoms with E-state index in [4.69, 9.17) is 15.0 Å². The maximum absolute atomic E-state index is 5.50. The summed E-state index contributed by atoms with van der Waals surface area (Å²) in [5.74, 6) is 1.73. The van der Waals surface area contributed by atoms with Crippen molar-refractivity contribution >= 4 is 43.6 Å². The summed E-state index contributed by atoms with van der Waals surface area (Å²) < 4.78 is 4.73. The van der Waals surface area contributed by atoms with E-state index in [1.54, 1.807) is 0 Å². The highest BCUT2D eigenvalue weighted by molar-refractivity contribution is 6.28. The second-order valence-corrected chi connectivity index (χ2v) is 17.2. The Balaban J connectivity index is 1.16. The number of rotatable bonds is 8.